The van der Waals surface area contributed by atoms with E-state index in [-0.39, 0.29) is 17.1 Å². The Labute approximate surface area is 157 Å². The predicted molar refractivity (Wildman–Crippen MR) is 98.1 cm³/mol. The van der Waals surface area contributed by atoms with Gasteiger partial charge in [-0.15, -0.1) is 0 Å². The van der Waals surface area contributed by atoms with Crippen molar-refractivity contribution in [3.05, 3.63) is 59.7 Å². The topological polar surface area (TPSA) is 144 Å². The van der Waals surface area contributed by atoms with Gasteiger partial charge >= 0.3 is 16.1 Å². The number of benzene rings is 2. The van der Waals surface area contributed by atoms with Gasteiger partial charge < -0.3 is 20.1 Å². The van der Waals surface area contributed by atoms with Crippen LogP contribution in [0.1, 0.15) is 18.1 Å². The SMILES string of the molecule is CC(=O)O.Cc1ccc(S(=O)(=O)Oc2ccc(C[C@H](N)C(=O)O)cc2)cc1. The number of hydrogen-bond acceptors (Lipinski definition) is 6. The zero-order valence-electron chi connectivity index (χ0n) is 14.8. The van der Waals surface area contributed by atoms with Gasteiger partial charge in [0.1, 0.15) is 16.7 Å². The van der Waals surface area contributed by atoms with Gasteiger partial charge in [-0.1, -0.05) is 29.8 Å². The zero-order valence-corrected chi connectivity index (χ0v) is 15.6. The van der Waals surface area contributed by atoms with Crippen LogP contribution in [0, 0.1) is 6.92 Å². The second kappa shape index (κ2) is 9.70. The van der Waals surface area contributed by atoms with Gasteiger partial charge in [-0.2, -0.15) is 8.42 Å². The largest absolute Gasteiger partial charge is 0.481 e. The van der Waals surface area contributed by atoms with Crippen molar-refractivity contribution >= 4 is 22.1 Å². The summed E-state index contributed by atoms with van der Waals surface area (Å²) in [6.07, 6.45) is 0.153. The normalized spacial score (nSPS) is 11.7. The van der Waals surface area contributed by atoms with Gasteiger partial charge in [0.2, 0.25) is 0 Å². The molecule has 2 rings (SSSR count). The Morgan fingerprint density at radius 3 is 1.96 bits per heavy atom. The number of carbonyl (C=O) groups is 2. The second-order valence-electron chi connectivity index (χ2n) is 5.66. The van der Waals surface area contributed by atoms with Crippen LogP contribution < -0.4 is 9.92 Å². The van der Waals surface area contributed by atoms with Crippen molar-refractivity contribution in [2.45, 2.75) is 31.2 Å². The fraction of sp³-hybridized carbons (Fsp3) is 0.222. The molecule has 0 saturated heterocycles. The summed E-state index contributed by atoms with van der Waals surface area (Å²) in [5.74, 6) is -1.77. The molecule has 0 radical (unpaired) electrons. The van der Waals surface area contributed by atoms with E-state index in [9.17, 15) is 13.2 Å². The van der Waals surface area contributed by atoms with Gasteiger partial charge in [0.15, 0.2) is 0 Å². The maximum absolute atomic E-state index is 12.1. The molecule has 0 spiro atoms. The van der Waals surface area contributed by atoms with Crippen LogP contribution in [0.4, 0.5) is 0 Å². The Morgan fingerprint density at radius 1 is 1.04 bits per heavy atom. The van der Waals surface area contributed by atoms with Gasteiger partial charge in [-0.25, -0.2) is 0 Å². The van der Waals surface area contributed by atoms with Crippen molar-refractivity contribution in [1.82, 2.24) is 0 Å². The molecular formula is C18H21NO7S. The lowest BCUT2D eigenvalue weighted by Crippen LogP contribution is -2.32. The molecular weight excluding hydrogens is 374 g/mol. The molecule has 0 heterocycles. The number of hydrogen-bond donors (Lipinski definition) is 3. The third kappa shape index (κ3) is 7.89. The molecule has 0 unspecified atom stereocenters. The first-order chi connectivity index (χ1) is 12.5. The molecule has 0 aliphatic rings. The molecule has 146 valence electrons. The van der Waals surface area contributed by atoms with E-state index in [2.05, 4.69) is 0 Å². The molecule has 0 aliphatic carbocycles. The van der Waals surface area contributed by atoms with Gasteiger partial charge in [-0.3, -0.25) is 9.59 Å². The highest BCUT2D eigenvalue weighted by molar-refractivity contribution is 7.87. The van der Waals surface area contributed by atoms with E-state index < -0.39 is 28.1 Å². The smallest absolute Gasteiger partial charge is 0.339 e. The van der Waals surface area contributed by atoms with Crippen LogP contribution >= 0.6 is 0 Å². The molecule has 0 amide bonds. The minimum absolute atomic E-state index is 0.0695. The zero-order chi connectivity index (χ0) is 20.6. The van der Waals surface area contributed by atoms with E-state index in [1.165, 1.54) is 24.3 Å². The number of nitrogens with two attached hydrogens (primary N) is 1. The first-order valence-electron chi connectivity index (χ1n) is 7.79. The highest BCUT2D eigenvalue weighted by atomic mass is 32.2. The molecule has 0 aromatic heterocycles. The van der Waals surface area contributed by atoms with E-state index in [1.807, 2.05) is 6.92 Å². The number of aryl methyl sites for hydroxylation is 1. The molecule has 8 nitrogen and oxygen atoms in total. The van der Waals surface area contributed by atoms with E-state index in [4.69, 9.17) is 24.9 Å². The van der Waals surface area contributed by atoms with Gasteiger partial charge in [0.05, 0.1) is 0 Å². The number of carboxylic acids is 2. The number of aliphatic carboxylic acids is 2. The van der Waals surface area contributed by atoms with Crippen molar-refractivity contribution in [3.8, 4) is 5.75 Å². The van der Waals surface area contributed by atoms with Crippen molar-refractivity contribution in [3.63, 3.8) is 0 Å². The van der Waals surface area contributed by atoms with E-state index in [0.29, 0.717) is 5.56 Å². The monoisotopic (exact) mass is 395 g/mol. The van der Waals surface area contributed by atoms with Crippen molar-refractivity contribution < 1.29 is 32.4 Å². The Bertz CT molecular complexity index is 871. The molecule has 4 N–H and O–H groups in total. The molecule has 27 heavy (non-hydrogen) atoms. The summed E-state index contributed by atoms with van der Waals surface area (Å²) in [7, 11) is -3.90. The maximum atomic E-state index is 12.1. The van der Waals surface area contributed by atoms with Crippen LogP contribution in [-0.4, -0.2) is 36.6 Å². The maximum Gasteiger partial charge on any atom is 0.339 e. The molecule has 0 aliphatic heterocycles. The fourth-order valence-electron chi connectivity index (χ4n) is 1.90. The summed E-state index contributed by atoms with van der Waals surface area (Å²) < 4.78 is 29.3. The van der Waals surface area contributed by atoms with E-state index in [1.54, 1.807) is 24.3 Å². The van der Waals surface area contributed by atoms with Crippen LogP contribution in [0.2, 0.25) is 0 Å². The lowest BCUT2D eigenvalue weighted by molar-refractivity contribution is -0.138. The summed E-state index contributed by atoms with van der Waals surface area (Å²) in [4.78, 5) is 19.8. The number of rotatable bonds is 6. The van der Waals surface area contributed by atoms with Crippen LogP contribution in [0.15, 0.2) is 53.4 Å². The van der Waals surface area contributed by atoms with Crippen LogP contribution in [0.5, 0.6) is 5.75 Å². The Balaban J connectivity index is 0.000000828. The molecule has 2 aromatic carbocycles. The standard InChI is InChI=1S/C16H17NO5S.C2H4O2/c1-11-2-8-14(9-3-11)23(20,21)22-13-6-4-12(5-7-13)10-15(17)16(18)19;1-2(3)4/h2-9,15H,10,17H2,1H3,(H,18,19);1H3,(H,3,4)/t15-;/m0./s1. The quantitative estimate of drug-likeness (QED) is 0.628. The molecule has 9 heteroatoms. The average Bonchev–Trinajstić information content (AvgIpc) is 2.56. The summed E-state index contributed by atoms with van der Waals surface area (Å²) >= 11 is 0. The van der Waals surface area contributed by atoms with Gasteiger partial charge in [-0.05, 0) is 43.2 Å². The highest BCUT2D eigenvalue weighted by Crippen LogP contribution is 2.20. The lowest BCUT2D eigenvalue weighted by atomic mass is 10.1. The van der Waals surface area contributed by atoms with Crippen LogP contribution in [-0.2, 0) is 26.1 Å². The Kier molecular flexibility index (Phi) is 7.95. The highest BCUT2D eigenvalue weighted by Gasteiger charge is 2.17. The van der Waals surface area contributed by atoms with Crippen molar-refractivity contribution in [1.29, 1.82) is 0 Å². The third-order valence-electron chi connectivity index (χ3n) is 3.21. The van der Waals surface area contributed by atoms with Gasteiger partial charge in [0, 0.05) is 6.92 Å². The lowest BCUT2D eigenvalue weighted by Gasteiger charge is -2.09. The molecule has 0 fully saturated rings. The predicted octanol–water partition coefficient (Wildman–Crippen LogP) is 1.81. The Hall–Kier alpha value is -2.91. The van der Waals surface area contributed by atoms with Crippen LogP contribution in [0.3, 0.4) is 0 Å². The van der Waals surface area contributed by atoms with Crippen molar-refractivity contribution in [2.75, 3.05) is 0 Å². The summed E-state index contributed by atoms with van der Waals surface area (Å²) in [6.45, 7) is 2.94. The molecule has 2 aromatic rings. The van der Waals surface area contributed by atoms with Crippen LogP contribution in [0.25, 0.3) is 0 Å². The van der Waals surface area contributed by atoms with Gasteiger partial charge in [0.25, 0.3) is 5.97 Å². The molecule has 1 atom stereocenters. The average molecular weight is 395 g/mol. The first kappa shape index (κ1) is 22.1. The fourth-order valence-corrected chi connectivity index (χ4v) is 2.83. The molecule has 0 saturated carbocycles. The number of carboxylic acid groups (broad SMARTS) is 2. The van der Waals surface area contributed by atoms with E-state index >= 15 is 0 Å². The van der Waals surface area contributed by atoms with Crippen molar-refractivity contribution in [2.24, 2.45) is 5.73 Å². The second-order valence-corrected chi connectivity index (χ2v) is 7.21. The Morgan fingerprint density at radius 2 is 1.52 bits per heavy atom. The first-order valence-corrected chi connectivity index (χ1v) is 9.20. The van der Waals surface area contributed by atoms with E-state index in [0.717, 1.165) is 12.5 Å². The minimum Gasteiger partial charge on any atom is -0.481 e. The molecule has 0 bridgehead atoms. The third-order valence-corrected chi connectivity index (χ3v) is 4.47. The minimum atomic E-state index is -3.90. The summed E-state index contributed by atoms with van der Waals surface area (Å²) in [5, 5.41) is 16.2. The summed E-state index contributed by atoms with van der Waals surface area (Å²) in [6, 6.07) is 11.4. The summed E-state index contributed by atoms with van der Waals surface area (Å²) in [5.41, 5.74) is 7.08.